The van der Waals surface area contributed by atoms with Gasteiger partial charge in [-0.3, -0.25) is 0 Å². The molecule has 1 aromatic carbocycles. The maximum atomic E-state index is 5.71. The summed E-state index contributed by atoms with van der Waals surface area (Å²) in [6.07, 6.45) is 0.869. The molecule has 3 rings (SSSR count). The fourth-order valence-electron chi connectivity index (χ4n) is 2.09. The molecule has 0 radical (unpaired) electrons. The monoisotopic (exact) mass is 245 g/mol. The van der Waals surface area contributed by atoms with Gasteiger partial charge in [-0.05, 0) is 25.0 Å². The molecule has 0 saturated heterocycles. The van der Waals surface area contributed by atoms with E-state index in [2.05, 4.69) is 16.2 Å². The molecule has 2 heterocycles. The summed E-state index contributed by atoms with van der Waals surface area (Å²) in [4.78, 5) is 4.32. The summed E-state index contributed by atoms with van der Waals surface area (Å²) in [6, 6.07) is 7.79. The number of aromatic nitrogens is 2. The Bertz CT molecular complexity index is 551. The van der Waals surface area contributed by atoms with Crippen molar-refractivity contribution >= 4 is 0 Å². The van der Waals surface area contributed by atoms with Crippen molar-refractivity contribution < 1.29 is 9.26 Å². The highest BCUT2D eigenvalue weighted by Crippen LogP contribution is 2.31. The lowest BCUT2D eigenvalue weighted by atomic mass is 9.96. The van der Waals surface area contributed by atoms with Crippen molar-refractivity contribution in [1.82, 2.24) is 10.1 Å². The fraction of sp³-hybridized carbons (Fsp3) is 0.385. The Labute approximate surface area is 105 Å². The van der Waals surface area contributed by atoms with Gasteiger partial charge in [0.1, 0.15) is 5.75 Å². The van der Waals surface area contributed by atoms with Gasteiger partial charge < -0.3 is 15.0 Å². The topological polar surface area (TPSA) is 74.2 Å². The highest BCUT2D eigenvalue weighted by atomic mass is 16.5. The number of rotatable bonds is 2. The molecule has 1 aliphatic heterocycles. The Hall–Kier alpha value is -1.88. The highest BCUT2D eigenvalue weighted by Gasteiger charge is 2.25. The molecule has 2 atom stereocenters. The molecule has 0 saturated carbocycles. The lowest BCUT2D eigenvalue weighted by molar-refractivity contribution is 0.253. The van der Waals surface area contributed by atoms with Gasteiger partial charge in [-0.1, -0.05) is 23.4 Å². The molecule has 1 aromatic heterocycles. The van der Waals surface area contributed by atoms with Crippen LogP contribution in [-0.2, 0) is 6.42 Å². The fourth-order valence-corrected chi connectivity index (χ4v) is 2.09. The summed E-state index contributed by atoms with van der Waals surface area (Å²) >= 11 is 0. The Morgan fingerprint density at radius 2 is 2.22 bits per heavy atom. The third-order valence-corrected chi connectivity index (χ3v) is 3.09. The SMILES string of the molecule is C[C@H](N)c1nc(C2COc3ccccc3C2)no1. The zero-order valence-corrected chi connectivity index (χ0v) is 10.2. The van der Waals surface area contributed by atoms with Crippen molar-refractivity contribution in [1.29, 1.82) is 0 Å². The lowest BCUT2D eigenvalue weighted by Gasteiger charge is -2.22. The maximum absolute atomic E-state index is 5.71. The van der Waals surface area contributed by atoms with Crippen LogP contribution in [0.25, 0.3) is 0 Å². The molecule has 0 amide bonds. The van der Waals surface area contributed by atoms with Gasteiger partial charge in [-0.25, -0.2) is 0 Å². The Morgan fingerprint density at radius 3 is 3.00 bits per heavy atom. The summed E-state index contributed by atoms with van der Waals surface area (Å²) < 4.78 is 10.8. The molecule has 0 fully saturated rings. The van der Waals surface area contributed by atoms with Crippen molar-refractivity contribution in [3.8, 4) is 5.75 Å². The molecule has 94 valence electrons. The number of para-hydroxylation sites is 1. The van der Waals surface area contributed by atoms with E-state index in [0.29, 0.717) is 18.3 Å². The molecule has 2 N–H and O–H groups in total. The standard InChI is InChI=1S/C13H15N3O2/c1-8(14)13-15-12(16-18-13)10-6-9-4-2-3-5-11(9)17-7-10/h2-5,8,10H,6-7,14H2,1H3/t8-,10?/m0/s1. The Morgan fingerprint density at radius 1 is 1.39 bits per heavy atom. The summed E-state index contributed by atoms with van der Waals surface area (Å²) in [5, 5.41) is 3.99. The lowest BCUT2D eigenvalue weighted by Crippen LogP contribution is -2.20. The van der Waals surface area contributed by atoms with Gasteiger partial charge in [0.15, 0.2) is 5.82 Å². The average molecular weight is 245 g/mol. The number of ether oxygens (including phenoxy) is 1. The van der Waals surface area contributed by atoms with Crippen molar-refractivity contribution in [2.75, 3.05) is 6.61 Å². The number of nitrogens with zero attached hydrogens (tertiary/aromatic N) is 2. The van der Waals surface area contributed by atoms with Crippen LogP contribution >= 0.6 is 0 Å². The van der Waals surface area contributed by atoms with E-state index in [-0.39, 0.29) is 12.0 Å². The minimum absolute atomic E-state index is 0.135. The summed E-state index contributed by atoms with van der Waals surface area (Å²) in [6.45, 7) is 2.40. The number of hydrogen-bond acceptors (Lipinski definition) is 5. The first kappa shape index (κ1) is 11.2. The molecular weight excluding hydrogens is 230 g/mol. The first-order valence-corrected chi connectivity index (χ1v) is 6.04. The van der Waals surface area contributed by atoms with Gasteiger partial charge in [-0.2, -0.15) is 4.98 Å². The van der Waals surface area contributed by atoms with E-state index >= 15 is 0 Å². The molecular formula is C13H15N3O2. The number of benzene rings is 1. The predicted octanol–water partition coefficient (Wildman–Crippen LogP) is 1.81. The van der Waals surface area contributed by atoms with Crippen LogP contribution in [0.1, 0.15) is 36.2 Å². The van der Waals surface area contributed by atoms with Crippen LogP contribution in [0, 0.1) is 0 Å². The second-order valence-corrected chi connectivity index (χ2v) is 4.60. The summed E-state index contributed by atoms with van der Waals surface area (Å²) in [5.74, 6) is 2.24. The van der Waals surface area contributed by atoms with E-state index in [9.17, 15) is 0 Å². The minimum Gasteiger partial charge on any atom is -0.493 e. The molecule has 0 spiro atoms. The maximum Gasteiger partial charge on any atom is 0.243 e. The van der Waals surface area contributed by atoms with Gasteiger partial charge in [0.25, 0.3) is 0 Å². The third kappa shape index (κ3) is 1.97. The molecule has 5 nitrogen and oxygen atoms in total. The van der Waals surface area contributed by atoms with Crippen LogP contribution in [0.15, 0.2) is 28.8 Å². The van der Waals surface area contributed by atoms with E-state index in [0.717, 1.165) is 12.2 Å². The van der Waals surface area contributed by atoms with E-state index in [1.165, 1.54) is 5.56 Å². The first-order valence-electron chi connectivity index (χ1n) is 6.04. The van der Waals surface area contributed by atoms with Crippen molar-refractivity contribution in [2.24, 2.45) is 5.73 Å². The van der Waals surface area contributed by atoms with Gasteiger partial charge >= 0.3 is 0 Å². The molecule has 5 heteroatoms. The number of fused-ring (bicyclic) bond motifs is 1. The Kier molecular flexibility index (Phi) is 2.76. The van der Waals surface area contributed by atoms with Crippen molar-refractivity contribution in [2.45, 2.75) is 25.3 Å². The van der Waals surface area contributed by atoms with Crippen LogP contribution in [0.3, 0.4) is 0 Å². The number of hydrogen-bond donors (Lipinski definition) is 1. The van der Waals surface area contributed by atoms with Crippen LogP contribution in [0.2, 0.25) is 0 Å². The van der Waals surface area contributed by atoms with Gasteiger partial charge in [0.05, 0.1) is 18.6 Å². The smallest absolute Gasteiger partial charge is 0.243 e. The van der Waals surface area contributed by atoms with Crippen LogP contribution in [0.4, 0.5) is 0 Å². The number of nitrogens with two attached hydrogens (primary N) is 1. The van der Waals surface area contributed by atoms with Crippen LogP contribution < -0.4 is 10.5 Å². The second kappa shape index (κ2) is 4.42. The first-order chi connectivity index (χ1) is 8.74. The normalized spacial score (nSPS) is 20.0. The van der Waals surface area contributed by atoms with E-state index in [4.69, 9.17) is 15.0 Å². The largest absolute Gasteiger partial charge is 0.493 e. The Balaban J connectivity index is 1.83. The predicted molar refractivity (Wildman–Crippen MR) is 65.3 cm³/mol. The average Bonchev–Trinajstić information content (AvgIpc) is 2.88. The van der Waals surface area contributed by atoms with Crippen molar-refractivity contribution in [3.63, 3.8) is 0 Å². The third-order valence-electron chi connectivity index (χ3n) is 3.09. The van der Waals surface area contributed by atoms with Crippen LogP contribution in [-0.4, -0.2) is 16.7 Å². The van der Waals surface area contributed by atoms with Gasteiger partial charge in [0, 0.05) is 0 Å². The molecule has 18 heavy (non-hydrogen) atoms. The second-order valence-electron chi connectivity index (χ2n) is 4.60. The van der Waals surface area contributed by atoms with Crippen LogP contribution in [0.5, 0.6) is 5.75 Å². The molecule has 0 aliphatic carbocycles. The molecule has 1 unspecified atom stereocenters. The van der Waals surface area contributed by atoms with Gasteiger partial charge in [-0.15, -0.1) is 0 Å². The minimum atomic E-state index is -0.233. The molecule has 1 aliphatic rings. The molecule has 0 bridgehead atoms. The van der Waals surface area contributed by atoms with Gasteiger partial charge in [0.2, 0.25) is 5.89 Å². The molecule has 2 aromatic rings. The summed E-state index contributed by atoms with van der Waals surface area (Å²) in [7, 11) is 0. The van der Waals surface area contributed by atoms with E-state index in [1.807, 2.05) is 25.1 Å². The quantitative estimate of drug-likeness (QED) is 0.873. The highest BCUT2D eigenvalue weighted by molar-refractivity contribution is 5.36. The van der Waals surface area contributed by atoms with E-state index < -0.39 is 0 Å². The zero-order valence-electron chi connectivity index (χ0n) is 10.2. The van der Waals surface area contributed by atoms with E-state index in [1.54, 1.807) is 0 Å². The summed E-state index contributed by atoms with van der Waals surface area (Å²) in [5.41, 5.74) is 6.89. The van der Waals surface area contributed by atoms with Crippen molar-refractivity contribution in [3.05, 3.63) is 41.5 Å². The zero-order chi connectivity index (χ0) is 12.5.